The lowest BCUT2D eigenvalue weighted by molar-refractivity contribution is -0.134. The van der Waals surface area contributed by atoms with Crippen LogP contribution in [0.2, 0.25) is 0 Å². The molecule has 1 aliphatic heterocycles. The summed E-state index contributed by atoms with van der Waals surface area (Å²) in [7, 11) is -4.27. The maximum atomic E-state index is 13.0. The highest BCUT2D eigenvalue weighted by Crippen LogP contribution is 2.29. The summed E-state index contributed by atoms with van der Waals surface area (Å²) in [6, 6.07) is 8.83. The Morgan fingerprint density at radius 1 is 1.24 bits per heavy atom. The zero-order valence-electron chi connectivity index (χ0n) is 17.4. The van der Waals surface area contributed by atoms with E-state index in [1.165, 1.54) is 18.0 Å². The van der Waals surface area contributed by atoms with Gasteiger partial charge in [0, 0.05) is 24.0 Å². The fourth-order valence-corrected chi connectivity index (χ4v) is 6.50. The third kappa shape index (κ3) is 4.23. The molecule has 1 N–H and O–H groups in total. The van der Waals surface area contributed by atoms with Gasteiger partial charge in [0.1, 0.15) is 0 Å². The normalized spacial score (nSPS) is 14.6. The van der Waals surface area contributed by atoms with Gasteiger partial charge in [-0.15, -0.1) is 0 Å². The molecule has 0 bridgehead atoms. The van der Waals surface area contributed by atoms with Gasteiger partial charge in [0.2, 0.25) is 5.91 Å². The van der Waals surface area contributed by atoms with E-state index in [2.05, 4.69) is 5.10 Å². The van der Waals surface area contributed by atoms with Gasteiger partial charge in [-0.3, -0.25) is 14.2 Å². The lowest BCUT2D eigenvalue weighted by atomic mass is 9.98. The molecule has 1 aromatic carbocycles. The van der Waals surface area contributed by atoms with Crippen molar-refractivity contribution in [1.29, 1.82) is 0 Å². The largest absolute Gasteiger partial charge is 0.395 e. The monoisotopic (exact) mass is 498 g/mol. The molecule has 0 saturated heterocycles. The van der Waals surface area contributed by atoms with Crippen molar-refractivity contribution in [2.75, 3.05) is 6.61 Å². The van der Waals surface area contributed by atoms with Crippen molar-refractivity contribution in [2.45, 2.75) is 43.1 Å². The molecule has 4 rings (SSSR count). The van der Waals surface area contributed by atoms with Gasteiger partial charge in [0.05, 0.1) is 31.3 Å². The smallest absolute Gasteiger partial charge is 0.308 e. The Labute approximate surface area is 191 Å². The van der Waals surface area contributed by atoms with E-state index in [1.807, 2.05) is 0 Å². The Hall–Kier alpha value is -2.90. The number of hydrogen-bond donors (Lipinski definition) is 1. The molecule has 1 atom stereocenters. The van der Waals surface area contributed by atoms with Crippen molar-refractivity contribution >= 4 is 27.3 Å². The summed E-state index contributed by atoms with van der Waals surface area (Å²) in [5.41, 5.74) is 1.47. The highest BCUT2D eigenvalue weighted by molar-refractivity contribution is 7.91. The number of aromatic nitrogens is 3. The average molecular weight is 499 g/mol. The quantitative estimate of drug-likeness (QED) is 0.529. The second-order valence-electron chi connectivity index (χ2n) is 7.56. The van der Waals surface area contributed by atoms with Crippen LogP contribution in [0.25, 0.3) is 0 Å². The molecule has 3 heterocycles. The number of aliphatic hydroxyl groups excluding tert-OH is 1. The van der Waals surface area contributed by atoms with Crippen molar-refractivity contribution in [2.24, 2.45) is 0 Å². The maximum absolute atomic E-state index is 13.0. The highest BCUT2D eigenvalue weighted by atomic mass is 32.2. The highest BCUT2D eigenvalue weighted by Gasteiger charge is 2.34. The van der Waals surface area contributed by atoms with Crippen LogP contribution in [-0.4, -0.2) is 51.1 Å². The number of benzene rings is 1. The van der Waals surface area contributed by atoms with E-state index in [-0.39, 0.29) is 35.5 Å². The molecule has 1 amide bonds. The molecule has 0 unspecified atom stereocenters. The summed E-state index contributed by atoms with van der Waals surface area (Å²) in [5, 5.41) is 13.8. The number of nitrogens with zero attached hydrogens (tertiary/aromatic N) is 4. The molecule has 3 aromatic rings. The van der Waals surface area contributed by atoms with E-state index in [1.54, 1.807) is 30.3 Å². The van der Waals surface area contributed by atoms with Crippen molar-refractivity contribution in [3.8, 4) is 0 Å². The summed E-state index contributed by atoms with van der Waals surface area (Å²) in [6.45, 7) is 0.190. The Morgan fingerprint density at radius 2 is 1.94 bits per heavy atom. The van der Waals surface area contributed by atoms with Crippen LogP contribution in [-0.2, 0) is 34.5 Å². The molecule has 1 aliphatic rings. The Bertz CT molecular complexity index is 1320. The number of carbonyl (C=O) groups is 1. The predicted octanol–water partition coefficient (Wildman–Crippen LogP) is 1.54. The number of hydrogen-bond acceptors (Lipinski definition) is 7. The van der Waals surface area contributed by atoms with Gasteiger partial charge >= 0.3 is 4.87 Å². The standard InChI is InChI=1S/C20H20F2N4O5S2/c1-12-19(32-20(29)25(12)10-17(21)22)33(30,31)26-8-14-7-24(9-16(14)23-26)18(28)15(11-27)13-5-3-2-4-6-13/h2-6,8,15,17,27H,7,9-11H2,1H3/t15-/m1/s1. The van der Waals surface area contributed by atoms with Crippen LogP contribution in [0.4, 0.5) is 8.78 Å². The van der Waals surface area contributed by atoms with Gasteiger partial charge in [-0.1, -0.05) is 41.7 Å². The van der Waals surface area contributed by atoms with Crippen LogP contribution in [0.3, 0.4) is 0 Å². The van der Waals surface area contributed by atoms with E-state index in [0.29, 0.717) is 32.2 Å². The lowest BCUT2D eigenvalue weighted by Gasteiger charge is -2.22. The fourth-order valence-electron chi connectivity index (χ4n) is 3.77. The van der Waals surface area contributed by atoms with Gasteiger partial charge < -0.3 is 10.0 Å². The SMILES string of the molecule is Cc1c(S(=O)(=O)n2cc3c(n2)CN(C(=O)[C@H](CO)c2ccccc2)C3)sc(=O)n1CC(F)F. The summed E-state index contributed by atoms with van der Waals surface area (Å²) < 4.78 is 52.6. The molecule has 0 saturated carbocycles. The number of rotatable bonds is 7. The number of amides is 1. The lowest BCUT2D eigenvalue weighted by Crippen LogP contribution is -2.33. The molecular formula is C20H20F2N4O5S2. The van der Waals surface area contributed by atoms with Gasteiger partial charge in [-0.25, -0.2) is 8.78 Å². The first-order chi connectivity index (χ1) is 15.6. The summed E-state index contributed by atoms with van der Waals surface area (Å²) in [6.07, 6.45) is -1.54. The van der Waals surface area contributed by atoms with E-state index >= 15 is 0 Å². The molecule has 13 heteroatoms. The van der Waals surface area contributed by atoms with Crippen molar-refractivity contribution < 1.29 is 27.1 Å². The second kappa shape index (κ2) is 8.80. The van der Waals surface area contributed by atoms with Crippen molar-refractivity contribution in [3.63, 3.8) is 0 Å². The maximum Gasteiger partial charge on any atom is 0.308 e. The van der Waals surface area contributed by atoms with Gasteiger partial charge in [-0.2, -0.15) is 17.6 Å². The fraction of sp³-hybridized carbons (Fsp3) is 0.350. The third-order valence-corrected chi connectivity index (χ3v) is 8.66. The first-order valence-electron chi connectivity index (χ1n) is 9.89. The Balaban J connectivity index is 1.57. The number of carbonyl (C=O) groups excluding carboxylic acids is 1. The van der Waals surface area contributed by atoms with Crippen LogP contribution < -0.4 is 4.87 Å². The van der Waals surface area contributed by atoms with Crippen LogP contribution in [0, 0.1) is 6.92 Å². The van der Waals surface area contributed by atoms with Crippen LogP contribution in [0.1, 0.15) is 28.4 Å². The number of alkyl halides is 2. The summed E-state index contributed by atoms with van der Waals surface area (Å²) in [5.74, 6) is -1.06. The summed E-state index contributed by atoms with van der Waals surface area (Å²) >= 11 is 0.368. The Morgan fingerprint density at radius 3 is 2.55 bits per heavy atom. The molecule has 0 radical (unpaired) electrons. The third-order valence-electron chi connectivity index (χ3n) is 5.45. The first kappa shape index (κ1) is 23.3. The van der Waals surface area contributed by atoms with Gasteiger partial charge in [0.25, 0.3) is 16.4 Å². The average Bonchev–Trinajstić information content (AvgIpc) is 3.43. The molecule has 0 aliphatic carbocycles. The zero-order chi connectivity index (χ0) is 23.9. The van der Waals surface area contributed by atoms with Crippen LogP contribution >= 0.6 is 11.3 Å². The topological polar surface area (TPSA) is 115 Å². The molecule has 9 nitrogen and oxygen atoms in total. The summed E-state index contributed by atoms with van der Waals surface area (Å²) in [4.78, 5) is 25.7. The minimum Gasteiger partial charge on any atom is -0.395 e. The minimum absolute atomic E-state index is 0.0572. The predicted molar refractivity (Wildman–Crippen MR) is 115 cm³/mol. The first-order valence-corrected chi connectivity index (χ1v) is 12.1. The zero-order valence-corrected chi connectivity index (χ0v) is 19.0. The number of fused-ring (bicyclic) bond motifs is 1. The van der Waals surface area contributed by atoms with Crippen LogP contribution in [0.15, 0.2) is 45.5 Å². The number of aliphatic hydroxyl groups is 1. The van der Waals surface area contributed by atoms with Gasteiger partial charge in [-0.05, 0) is 12.5 Å². The van der Waals surface area contributed by atoms with E-state index in [0.717, 1.165) is 4.57 Å². The molecule has 0 spiro atoms. The molecule has 176 valence electrons. The molecular weight excluding hydrogens is 478 g/mol. The number of thiazole rings is 1. The second-order valence-corrected chi connectivity index (χ2v) is 10.5. The van der Waals surface area contributed by atoms with Gasteiger partial charge in [0.15, 0.2) is 4.21 Å². The van der Waals surface area contributed by atoms with Crippen molar-refractivity contribution in [1.82, 2.24) is 18.7 Å². The Kier molecular flexibility index (Phi) is 6.20. The van der Waals surface area contributed by atoms with Crippen LogP contribution in [0.5, 0.6) is 0 Å². The van der Waals surface area contributed by atoms with E-state index < -0.39 is 33.8 Å². The molecule has 0 fully saturated rings. The number of halogens is 2. The van der Waals surface area contributed by atoms with E-state index in [9.17, 15) is 31.9 Å². The van der Waals surface area contributed by atoms with E-state index in [4.69, 9.17) is 0 Å². The minimum atomic E-state index is -4.27. The van der Waals surface area contributed by atoms with Crippen molar-refractivity contribution in [3.05, 3.63) is 68.7 Å². The molecule has 2 aromatic heterocycles. The molecule has 33 heavy (non-hydrogen) atoms.